The lowest BCUT2D eigenvalue weighted by Gasteiger charge is -2.27. The molecule has 0 aromatic carbocycles. The first-order valence-electron chi connectivity index (χ1n) is 13.2. The molecule has 0 aliphatic carbocycles. The molecule has 6 nitrogen and oxygen atoms in total. The molecule has 2 unspecified atom stereocenters. The largest absolute Gasteiger partial charge is 0.390 e. The van der Waals surface area contributed by atoms with E-state index in [4.69, 9.17) is 20.1 Å². The molecule has 0 radical (unpaired) electrons. The molecule has 1 rings (SSSR count). The summed E-state index contributed by atoms with van der Waals surface area (Å²) in [4.78, 5) is 8.36. The van der Waals surface area contributed by atoms with Crippen LogP contribution in [0.15, 0.2) is 0 Å². The van der Waals surface area contributed by atoms with E-state index in [-0.39, 0.29) is 6.10 Å². The fourth-order valence-corrected chi connectivity index (χ4v) is 4.41. The average Bonchev–Trinajstić information content (AvgIpc) is 2.73. The van der Waals surface area contributed by atoms with Crippen molar-refractivity contribution in [2.75, 3.05) is 13.2 Å². The van der Waals surface area contributed by atoms with Crippen molar-refractivity contribution in [2.24, 2.45) is 5.92 Å². The molecule has 2 atom stereocenters. The first-order chi connectivity index (χ1) is 15.1. The summed E-state index contributed by atoms with van der Waals surface area (Å²) in [5.41, 5.74) is 0. The molecule has 1 fully saturated rings. The van der Waals surface area contributed by atoms with Crippen molar-refractivity contribution in [1.29, 1.82) is 0 Å². The maximum atomic E-state index is 9.89. The van der Waals surface area contributed by atoms with Gasteiger partial charge in [-0.15, -0.1) is 10.1 Å². The zero-order chi connectivity index (χ0) is 23.0. The van der Waals surface area contributed by atoms with Crippen LogP contribution in [-0.2, 0) is 4.74 Å². The number of rotatable bonds is 19. The van der Waals surface area contributed by atoms with Crippen LogP contribution in [0.1, 0.15) is 135 Å². The lowest BCUT2D eigenvalue weighted by Crippen LogP contribution is -2.32. The molecule has 2 N–H and O–H groups in total. The van der Waals surface area contributed by atoms with E-state index in [0.29, 0.717) is 12.5 Å². The van der Waals surface area contributed by atoms with Crippen LogP contribution in [-0.4, -0.2) is 34.7 Å². The standard InChI is InChI=1S/C25H50O2.HNO3/c1-2-3-4-5-6-7-8-9-10-11-12-13-14-15-16-17-18-19-20-24-21-22-27-23-25(24)26;2-1(3)4/h24-26H,2-23H2,1H3;(H,2,3,4). The van der Waals surface area contributed by atoms with E-state index in [0.717, 1.165) is 13.0 Å². The van der Waals surface area contributed by atoms with Crippen molar-refractivity contribution in [3.8, 4) is 0 Å². The number of aliphatic hydroxyl groups is 1. The number of nitrogens with zero attached hydrogens (tertiary/aromatic N) is 1. The zero-order valence-corrected chi connectivity index (χ0v) is 20.3. The minimum Gasteiger partial charge on any atom is -0.390 e. The molecule has 1 aliphatic rings. The van der Waals surface area contributed by atoms with Gasteiger partial charge in [-0.05, 0) is 18.8 Å². The Hall–Kier alpha value is -0.880. The fourth-order valence-electron chi connectivity index (χ4n) is 4.41. The molecule has 0 spiro atoms. The van der Waals surface area contributed by atoms with Crippen LogP contribution >= 0.6 is 0 Å². The van der Waals surface area contributed by atoms with Crippen LogP contribution in [0.2, 0.25) is 0 Å². The zero-order valence-electron chi connectivity index (χ0n) is 20.3. The predicted molar refractivity (Wildman–Crippen MR) is 127 cm³/mol. The molecule has 1 saturated heterocycles. The third-order valence-corrected chi connectivity index (χ3v) is 6.39. The Labute approximate surface area is 191 Å². The van der Waals surface area contributed by atoms with Crippen molar-refractivity contribution in [1.82, 2.24) is 0 Å². The molecule has 6 heteroatoms. The van der Waals surface area contributed by atoms with Crippen LogP contribution in [0, 0.1) is 16.0 Å². The van der Waals surface area contributed by atoms with Crippen molar-refractivity contribution < 1.29 is 20.1 Å². The molecule has 0 aromatic rings. The highest BCUT2D eigenvalue weighted by Gasteiger charge is 2.22. The summed E-state index contributed by atoms with van der Waals surface area (Å²) in [6, 6.07) is 0. The highest BCUT2D eigenvalue weighted by atomic mass is 16.9. The minimum atomic E-state index is -1.50. The van der Waals surface area contributed by atoms with E-state index < -0.39 is 5.09 Å². The number of ether oxygens (including phenoxy) is 1. The Morgan fingerprint density at radius 3 is 1.48 bits per heavy atom. The summed E-state index contributed by atoms with van der Waals surface area (Å²) in [7, 11) is 0. The second-order valence-corrected chi connectivity index (χ2v) is 9.23. The van der Waals surface area contributed by atoms with Crippen LogP contribution < -0.4 is 0 Å². The summed E-state index contributed by atoms with van der Waals surface area (Å²) in [5, 5.41) is 23.5. The average molecular weight is 446 g/mol. The quantitative estimate of drug-likeness (QED) is 0.122. The van der Waals surface area contributed by atoms with E-state index in [9.17, 15) is 5.11 Å². The number of unbranched alkanes of at least 4 members (excludes halogenated alkanes) is 17. The van der Waals surface area contributed by atoms with Gasteiger partial charge in [-0.3, -0.25) is 0 Å². The first kappa shape index (κ1) is 30.1. The molecule has 0 aromatic heterocycles. The smallest absolute Gasteiger partial charge is 0.291 e. The minimum absolute atomic E-state index is 0.204. The normalized spacial score (nSPS) is 18.4. The molecule has 0 amide bonds. The summed E-state index contributed by atoms with van der Waals surface area (Å²) in [5.74, 6) is 0.500. The van der Waals surface area contributed by atoms with Gasteiger partial charge < -0.3 is 15.1 Å². The van der Waals surface area contributed by atoms with Gasteiger partial charge in [-0.2, -0.15) is 0 Å². The predicted octanol–water partition coefficient (Wildman–Crippen LogP) is 7.47. The summed E-state index contributed by atoms with van der Waals surface area (Å²) in [6.45, 7) is 3.70. The van der Waals surface area contributed by atoms with Gasteiger partial charge in [0.05, 0.1) is 12.7 Å². The Balaban J connectivity index is 0.00000206. The third kappa shape index (κ3) is 23.6. The van der Waals surface area contributed by atoms with Gasteiger partial charge in [0.15, 0.2) is 0 Å². The van der Waals surface area contributed by atoms with Gasteiger partial charge in [-0.1, -0.05) is 122 Å². The lowest BCUT2D eigenvalue weighted by molar-refractivity contribution is -0.742. The Kier molecular flexibility index (Phi) is 23.1. The van der Waals surface area contributed by atoms with E-state index in [1.807, 2.05) is 0 Å². The van der Waals surface area contributed by atoms with Crippen LogP contribution in [0.4, 0.5) is 0 Å². The van der Waals surface area contributed by atoms with E-state index in [2.05, 4.69) is 6.92 Å². The van der Waals surface area contributed by atoms with Gasteiger partial charge in [0.1, 0.15) is 0 Å². The molecular formula is C25H51NO5. The molecule has 0 saturated carbocycles. The van der Waals surface area contributed by atoms with E-state index >= 15 is 0 Å². The maximum Gasteiger partial charge on any atom is 0.291 e. The van der Waals surface area contributed by atoms with Crippen molar-refractivity contribution in [3.05, 3.63) is 10.1 Å². The Bertz CT molecular complexity index is 377. The monoisotopic (exact) mass is 445 g/mol. The summed E-state index contributed by atoms with van der Waals surface area (Å²) < 4.78 is 5.30. The van der Waals surface area contributed by atoms with E-state index in [1.54, 1.807) is 0 Å². The lowest BCUT2D eigenvalue weighted by atomic mass is 9.91. The van der Waals surface area contributed by atoms with Gasteiger partial charge >= 0.3 is 0 Å². The van der Waals surface area contributed by atoms with Crippen molar-refractivity contribution in [2.45, 2.75) is 141 Å². The molecule has 186 valence electrons. The molecular weight excluding hydrogens is 394 g/mol. The first-order valence-corrected chi connectivity index (χ1v) is 13.2. The third-order valence-electron chi connectivity index (χ3n) is 6.39. The SMILES string of the molecule is CCCCCCCCCCCCCCCCCCCCC1CCOCC1O.O=[N+]([O-])O. The van der Waals surface area contributed by atoms with Gasteiger partial charge in [-0.25, -0.2) is 0 Å². The number of aliphatic hydroxyl groups excluding tert-OH is 1. The van der Waals surface area contributed by atoms with Crippen LogP contribution in [0.5, 0.6) is 0 Å². The Morgan fingerprint density at radius 2 is 1.13 bits per heavy atom. The van der Waals surface area contributed by atoms with Gasteiger partial charge in [0.25, 0.3) is 5.09 Å². The summed E-state index contributed by atoms with van der Waals surface area (Å²) in [6.07, 6.45) is 27.8. The maximum absolute atomic E-state index is 9.89. The molecule has 0 bridgehead atoms. The molecule has 1 aliphatic heterocycles. The highest BCUT2D eigenvalue weighted by Crippen LogP contribution is 2.22. The summed E-state index contributed by atoms with van der Waals surface area (Å²) >= 11 is 0. The topological polar surface area (TPSA) is 92.8 Å². The van der Waals surface area contributed by atoms with Gasteiger partial charge in [0.2, 0.25) is 0 Å². The van der Waals surface area contributed by atoms with Gasteiger partial charge in [0, 0.05) is 6.61 Å². The highest BCUT2D eigenvalue weighted by molar-refractivity contribution is 4.72. The van der Waals surface area contributed by atoms with Crippen molar-refractivity contribution >= 4 is 0 Å². The number of hydrogen-bond acceptors (Lipinski definition) is 4. The van der Waals surface area contributed by atoms with Crippen LogP contribution in [0.3, 0.4) is 0 Å². The second kappa shape index (κ2) is 23.8. The molecule has 31 heavy (non-hydrogen) atoms. The van der Waals surface area contributed by atoms with E-state index in [1.165, 1.54) is 122 Å². The Morgan fingerprint density at radius 1 is 0.774 bits per heavy atom. The molecule has 1 heterocycles. The second-order valence-electron chi connectivity index (χ2n) is 9.23. The fraction of sp³-hybridized carbons (Fsp3) is 1.00. The van der Waals surface area contributed by atoms with Crippen LogP contribution in [0.25, 0.3) is 0 Å². The van der Waals surface area contributed by atoms with Crippen molar-refractivity contribution in [3.63, 3.8) is 0 Å². The number of hydrogen-bond donors (Lipinski definition) is 2.